The number of carbonyl (C=O) groups excluding carboxylic acids is 1. The number of sulfonamides is 1. The van der Waals surface area contributed by atoms with Crippen LogP contribution >= 0.6 is 0 Å². The Bertz CT molecular complexity index is 563. The van der Waals surface area contributed by atoms with E-state index in [1.54, 1.807) is 19.4 Å². The first-order valence-corrected chi connectivity index (χ1v) is 9.35. The summed E-state index contributed by atoms with van der Waals surface area (Å²) in [7, 11) is -3.12. The number of rotatable bonds is 7. The summed E-state index contributed by atoms with van der Waals surface area (Å²) in [5.74, 6) is 0.0914. The molecule has 0 atom stereocenters. The van der Waals surface area contributed by atoms with Crippen LogP contribution in [0.1, 0.15) is 26.2 Å². The number of piperidine rings is 1. The van der Waals surface area contributed by atoms with Crippen LogP contribution in [0.2, 0.25) is 0 Å². The Hall–Kier alpha value is -1.41. The van der Waals surface area contributed by atoms with Gasteiger partial charge in [-0.15, -0.1) is 0 Å². The molecule has 0 saturated carbocycles. The number of amides is 1. The van der Waals surface area contributed by atoms with Crippen molar-refractivity contribution in [2.24, 2.45) is 5.92 Å². The largest absolute Gasteiger partial charge is 0.356 e. The summed E-state index contributed by atoms with van der Waals surface area (Å²) in [6.45, 7) is 4.00. The first-order valence-electron chi connectivity index (χ1n) is 7.74. The molecule has 0 unspecified atom stereocenters. The predicted molar refractivity (Wildman–Crippen MR) is 83.6 cm³/mol. The van der Waals surface area contributed by atoms with Gasteiger partial charge < -0.3 is 9.88 Å². The molecule has 1 fully saturated rings. The van der Waals surface area contributed by atoms with Gasteiger partial charge in [0.15, 0.2) is 0 Å². The minimum absolute atomic E-state index is 0.0409. The van der Waals surface area contributed by atoms with E-state index < -0.39 is 10.0 Å². The van der Waals surface area contributed by atoms with E-state index in [-0.39, 0.29) is 17.6 Å². The minimum Gasteiger partial charge on any atom is -0.356 e. The van der Waals surface area contributed by atoms with E-state index in [1.165, 1.54) is 4.31 Å². The molecule has 7 nitrogen and oxygen atoms in total. The van der Waals surface area contributed by atoms with Crippen molar-refractivity contribution in [3.8, 4) is 0 Å². The van der Waals surface area contributed by atoms with Gasteiger partial charge >= 0.3 is 0 Å². The van der Waals surface area contributed by atoms with E-state index in [1.807, 2.05) is 10.8 Å². The van der Waals surface area contributed by atoms with Crippen LogP contribution < -0.4 is 5.32 Å². The molecular formula is C14H24N4O3S. The summed E-state index contributed by atoms with van der Waals surface area (Å²) in [5, 5.41) is 2.94. The summed E-state index contributed by atoms with van der Waals surface area (Å²) in [4.78, 5) is 16.1. The number of hydrogen-bond acceptors (Lipinski definition) is 4. The van der Waals surface area contributed by atoms with Crippen LogP contribution in [0, 0.1) is 5.92 Å². The van der Waals surface area contributed by atoms with Crippen molar-refractivity contribution >= 4 is 15.9 Å². The topological polar surface area (TPSA) is 84.3 Å². The van der Waals surface area contributed by atoms with Gasteiger partial charge in [-0.25, -0.2) is 17.7 Å². The van der Waals surface area contributed by atoms with E-state index in [0.29, 0.717) is 32.5 Å². The van der Waals surface area contributed by atoms with Gasteiger partial charge in [0.1, 0.15) is 0 Å². The van der Waals surface area contributed by atoms with E-state index in [4.69, 9.17) is 0 Å². The highest BCUT2D eigenvalue weighted by Gasteiger charge is 2.29. The van der Waals surface area contributed by atoms with Gasteiger partial charge in [0, 0.05) is 44.5 Å². The van der Waals surface area contributed by atoms with Crippen molar-refractivity contribution in [3.63, 3.8) is 0 Å². The highest BCUT2D eigenvalue weighted by Crippen LogP contribution is 2.19. The number of hydrogen-bond donors (Lipinski definition) is 1. The molecule has 0 radical (unpaired) electrons. The molecule has 1 N–H and O–H groups in total. The van der Waals surface area contributed by atoms with E-state index >= 15 is 0 Å². The Labute approximate surface area is 131 Å². The third-order valence-electron chi connectivity index (χ3n) is 4.03. The minimum atomic E-state index is -3.12. The summed E-state index contributed by atoms with van der Waals surface area (Å²) in [6, 6.07) is 0. The second kappa shape index (κ2) is 7.73. The maximum Gasteiger partial charge on any atom is 0.223 e. The van der Waals surface area contributed by atoms with Crippen LogP contribution in [0.4, 0.5) is 0 Å². The van der Waals surface area contributed by atoms with Crippen LogP contribution in [-0.4, -0.2) is 53.6 Å². The van der Waals surface area contributed by atoms with E-state index in [0.717, 1.165) is 13.0 Å². The van der Waals surface area contributed by atoms with Crippen molar-refractivity contribution in [3.05, 3.63) is 18.7 Å². The molecule has 2 rings (SSSR count). The van der Waals surface area contributed by atoms with Gasteiger partial charge in [-0.1, -0.05) is 0 Å². The zero-order valence-corrected chi connectivity index (χ0v) is 13.8. The SMILES string of the molecule is CCS(=O)(=O)N1CCC(C(=O)NCCCn2ccnc2)CC1. The average molecular weight is 328 g/mol. The molecule has 0 aliphatic carbocycles. The maximum absolute atomic E-state index is 12.1. The average Bonchev–Trinajstić information content (AvgIpc) is 3.05. The molecule has 0 aromatic carbocycles. The van der Waals surface area contributed by atoms with Gasteiger partial charge in [-0.05, 0) is 26.2 Å². The Balaban J connectivity index is 1.67. The number of carbonyl (C=O) groups is 1. The molecule has 1 aliphatic heterocycles. The lowest BCUT2D eigenvalue weighted by Crippen LogP contribution is -2.43. The molecule has 1 aromatic heterocycles. The van der Waals surface area contributed by atoms with Crippen LogP contribution in [0.15, 0.2) is 18.7 Å². The molecule has 1 aromatic rings. The fraction of sp³-hybridized carbons (Fsp3) is 0.714. The van der Waals surface area contributed by atoms with Gasteiger partial charge in [0.25, 0.3) is 0 Å². The summed E-state index contributed by atoms with van der Waals surface area (Å²) in [6.07, 6.45) is 7.44. The Morgan fingerprint density at radius 1 is 1.36 bits per heavy atom. The molecule has 22 heavy (non-hydrogen) atoms. The lowest BCUT2D eigenvalue weighted by atomic mass is 9.97. The molecule has 124 valence electrons. The predicted octanol–water partition coefficient (Wildman–Crippen LogP) is 0.451. The molecule has 1 aliphatic rings. The second-order valence-electron chi connectivity index (χ2n) is 5.52. The fourth-order valence-corrected chi connectivity index (χ4v) is 3.75. The van der Waals surface area contributed by atoms with Crippen molar-refractivity contribution in [2.45, 2.75) is 32.7 Å². The Kier molecular flexibility index (Phi) is 5.96. The molecule has 2 heterocycles. The van der Waals surface area contributed by atoms with Gasteiger partial charge in [-0.3, -0.25) is 4.79 Å². The molecular weight excluding hydrogens is 304 g/mol. The number of aromatic nitrogens is 2. The lowest BCUT2D eigenvalue weighted by Gasteiger charge is -2.30. The highest BCUT2D eigenvalue weighted by atomic mass is 32.2. The second-order valence-corrected chi connectivity index (χ2v) is 7.78. The Morgan fingerprint density at radius 3 is 2.68 bits per heavy atom. The quantitative estimate of drug-likeness (QED) is 0.737. The summed E-state index contributed by atoms with van der Waals surface area (Å²) in [5.41, 5.74) is 0. The normalized spacial score (nSPS) is 17.5. The number of nitrogens with zero attached hydrogens (tertiary/aromatic N) is 3. The van der Waals surface area contributed by atoms with Crippen molar-refractivity contribution in [2.75, 3.05) is 25.4 Å². The van der Waals surface area contributed by atoms with Crippen molar-refractivity contribution in [1.82, 2.24) is 19.2 Å². The van der Waals surface area contributed by atoms with Gasteiger partial charge in [0.05, 0.1) is 12.1 Å². The zero-order chi connectivity index (χ0) is 16.0. The van der Waals surface area contributed by atoms with Gasteiger partial charge in [-0.2, -0.15) is 0 Å². The number of imidazole rings is 1. The standard InChI is InChI=1S/C14H24N4O3S/c1-2-22(20,21)18-9-4-13(5-10-18)14(19)16-6-3-8-17-11-7-15-12-17/h7,11-13H,2-6,8-10H2,1H3,(H,16,19). The molecule has 1 saturated heterocycles. The third kappa shape index (κ3) is 4.54. The first kappa shape index (κ1) is 17.0. The molecule has 1 amide bonds. The van der Waals surface area contributed by atoms with Gasteiger partial charge in [0.2, 0.25) is 15.9 Å². The summed E-state index contributed by atoms with van der Waals surface area (Å²) < 4.78 is 27.0. The Morgan fingerprint density at radius 2 is 2.09 bits per heavy atom. The van der Waals surface area contributed by atoms with Crippen LogP contribution in [-0.2, 0) is 21.4 Å². The van der Waals surface area contributed by atoms with Crippen LogP contribution in [0.3, 0.4) is 0 Å². The maximum atomic E-state index is 12.1. The van der Waals surface area contributed by atoms with Crippen LogP contribution in [0.25, 0.3) is 0 Å². The summed E-state index contributed by atoms with van der Waals surface area (Å²) >= 11 is 0. The first-order chi connectivity index (χ1) is 10.5. The number of aryl methyl sites for hydroxylation is 1. The monoisotopic (exact) mass is 328 g/mol. The van der Waals surface area contributed by atoms with E-state index in [2.05, 4.69) is 10.3 Å². The third-order valence-corrected chi connectivity index (χ3v) is 5.92. The van der Waals surface area contributed by atoms with E-state index in [9.17, 15) is 13.2 Å². The smallest absolute Gasteiger partial charge is 0.223 e. The lowest BCUT2D eigenvalue weighted by molar-refractivity contribution is -0.126. The zero-order valence-electron chi connectivity index (χ0n) is 12.9. The van der Waals surface area contributed by atoms with Crippen molar-refractivity contribution < 1.29 is 13.2 Å². The highest BCUT2D eigenvalue weighted by molar-refractivity contribution is 7.89. The molecule has 8 heteroatoms. The molecule has 0 spiro atoms. The number of nitrogens with one attached hydrogen (secondary N) is 1. The fourth-order valence-electron chi connectivity index (χ4n) is 2.62. The van der Waals surface area contributed by atoms with Crippen molar-refractivity contribution in [1.29, 1.82) is 0 Å². The van der Waals surface area contributed by atoms with Crippen LogP contribution in [0.5, 0.6) is 0 Å². The molecule has 0 bridgehead atoms.